The zero-order chi connectivity index (χ0) is 92.2. The molecule has 37 heteroatoms. The van der Waals surface area contributed by atoms with Crippen molar-refractivity contribution in [2.24, 2.45) is 29.2 Å². The summed E-state index contributed by atoms with van der Waals surface area (Å²) in [6.45, 7) is 8.33. The molecule has 15 N–H and O–H groups in total. The van der Waals surface area contributed by atoms with E-state index < -0.39 is 229 Å². The summed E-state index contributed by atoms with van der Waals surface area (Å²) in [6.07, 6.45) is 5.35. The van der Waals surface area contributed by atoms with Crippen molar-refractivity contribution in [2.45, 2.75) is 224 Å². The van der Waals surface area contributed by atoms with Gasteiger partial charge in [-0.05, 0) is 73.8 Å². The van der Waals surface area contributed by atoms with Gasteiger partial charge < -0.3 is 93.2 Å². The molecule has 0 saturated carbocycles. The topological polar surface area (TPSA) is 523 Å². The number of hydrogen-bond donors (Lipinski definition) is 13. The number of aromatic nitrogens is 4. The summed E-state index contributed by atoms with van der Waals surface area (Å²) in [5.41, 5.74) is 14.6. The maximum absolute atomic E-state index is 15.6. The molecule has 36 nitrogen and oxygen atoms in total. The average molecular weight is 1760 g/mol. The number of primary amides is 2. The van der Waals surface area contributed by atoms with Gasteiger partial charge in [0, 0.05) is 144 Å². The third kappa shape index (κ3) is 27.9. The number of likely N-dealkylation sites (N-methyl/N-ethyl adjacent to an activating group) is 4. The fourth-order valence-corrected chi connectivity index (χ4v) is 16.7. The van der Waals surface area contributed by atoms with Gasteiger partial charge in [0.15, 0.2) is 17.3 Å². The first-order valence-electron chi connectivity index (χ1n) is 42.9. The molecule has 0 radical (unpaired) electrons. The second-order valence-electron chi connectivity index (χ2n) is 33.2. The maximum atomic E-state index is 15.6. The SMILES string of the molecule is CCCC[C@H]1C(=O)N(C)[C@@H](CCCC)C(=O)C[C@@H](C)C(=O)N[C@H](C(=O)CCC(N)=O)CSCC(=O)N[C@@H](Cc2ccccc2)C(=O)N(C)[C@@H](C)C(=O)N[C@@H](CC(N)=O)C(=O)N2CCCC2C(=O)C[C@@H](Cc2cnc[nH]2)C(=O)N[C@@H](CC(C)C)C(=O)N(C)CC(=O)N[C@@H](Cc2c[nH]c3ccccc23)C(=O)N[C@@H](CO)C(=O)N[C@@H](Cc2c[nH]c3ccccc23)C(=O)N1C. The van der Waals surface area contributed by atoms with Crippen molar-refractivity contribution in [3.8, 4) is 0 Å². The van der Waals surface area contributed by atoms with E-state index in [2.05, 4.69) is 57.2 Å². The van der Waals surface area contributed by atoms with Crippen molar-refractivity contribution in [3.05, 3.63) is 126 Å². The number of rotatable bonds is 23. The maximum Gasteiger partial charge on any atom is 0.246 e. The molecule has 1 unspecified atom stereocenters. The molecule has 0 spiro atoms. The van der Waals surface area contributed by atoms with Crippen LogP contribution in [0.5, 0.6) is 0 Å². The number of aromatic amines is 3. The number of benzene rings is 3. The molecule has 3 aromatic carbocycles. The Hall–Kier alpha value is -12.2. The molecule has 5 heterocycles. The van der Waals surface area contributed by atoms with Crippen LogP contribution in [0.15, 0.2) is 104 Å². The average Bonchev–Trinajstić information content (AvgIpc) is 1.54. The van der Waals surface area contributed by atoms with Gasteiger partial charge in [-0.15, -0.1) is 11.8 Å². The van der Waals surface area contributed by atoms with Gasteiger partial charge >= 0.3 is 0 Å². The van der Waals surface area contributed by atoms with Gasteiger partial charge in [0.05, 0.1) is 55.7 Å². The van der Waals surface area contributed by atoms with Crippen LogP contribution in [0.2, 0.25) is 0 Å². The summed E-state index contributed by atoms with van der Waals surface area (Å²) in [7, 11) is 5.40. The largest absolute Gasteiger partial charge is 0.394 e. The molecule has 14 amide bonds. The van der Waals surface area contributed by atoms with Gasteiger partial charge in [-0.3, -0.25) is 81.5 Å². The number of nitrogens with one attached hydrogen (secondary N) is 10. The van der Waals surface area contributed by atoms with Crippen LogP contribution in [-0.2, 0) is 107 Å². The number of carbonyl (C=O) groups is 17. The number of H-pyrrole nitrogens is 3. The summed E-state index contributed by atoms with van der Waals surface area (Å²) in [6, 6.07) is 7.13. The Morgan fingerprint density at radius 1 is 0.548 bits per heavy atom. The zero-order valence-corrected chi connectivity index (χ0v) is 74.1. The fourth-order valence-electron chi connectivity index (χ4n) is 15.8. The Morgan fingerprint density at radius 3 is 1.71 bits per heavy atom. The van der Waals surface area contributed by atoms with E-state index in [0.29, 0.717) is 69.9 Å². The summed E-state index contributed by atoms with van der Waals surface area (Å²) in [5.74, 6) is -17.0. The van der Waals surface area contributed by atoms with Crippen LogP contribution in [0.25, 0.3) is 21.8 Å². The van der Waals surface area contributed by atoms with Crippen LogP contribution >= 0.6 is 11.8 Å². The number of aliphatic hydroxyl groups excluding tert-OH is 1. The van der Waals surface area contributed by atoms with Crippen LogP contribution in [0.1, 0.15) is 154 Å². The molecule has 2 aliphatic rings. The second kappa shape index (κ2) is 47.8. The molecule has 13 atom stereocenters. The Kier molecular flexibility index (Phi) is 37.7. The number of ketones is 3. The lowest BCUT2D eigenvalue weighted by Crippen LogP contribution is -2.60. The third-order valence-corrected chi connectivity index (χ3v) is 24.1. The number of thioether (sulfide) groups is 1. The molecule has 2 aliphatic heterocycles. The molecule has 3 aromatic heterocycles. The monoisotopic (exact) mass is 1760 g/mol. The van der Waals surface area contributed by atoms with Crippen LogP contribution in [0, 0.1) is 17.8 Å². The number of unbranched alkanes of at least 4 members (excludes halogenated alkanes) is 2. The number of amides is 14. The van der Waals surface area contributed by atoms with E-state index in [4.69, 9.17) is 11.5 Å². The fraction of sp³-hybridized carbons (Fsp3) is 0.528. The summed E-state index contributed by atoms with van der Waals surface area (Å²) < 4.78 is 0. The van der Waals surface area contributed by atoms with Crippen molar-refractivity contribution in [3.63, 3.8) is 0 Å². The number of carbonyl (C=O) groups excluding carboxylic acids is 17. The predicted octanol–water partition coefficient (Wildman–Crippen LogP) is 2.03. The lowest BCUT2D eigenvalue weighted by Gasteiger charge is -2.36. The minimum absolute atomic E-state index is 0.0142. The number of hydrogen-bond acceptors (Lipinski definition) is 20. The van der Waals surface area contributed by atoms with Crippen molar-refractivity contribution >= 4 is 134 Å². The quantitative estimate of drug-likeness (QED) is 0.0436. The Morgan fingerprint density at radius 2 is 1.11 bits per heavy atom. The van der Waals surface area contributed by atoms with Crippen molar-refractivity contribution in [1.82, 2.24) is 81.7 Å². The van der Waals surface area contributed by atoms with Gasteiger partial charge in [-0.2, -0.15) is 0 Å². The minimum Gasteiger partial charge on any atom is -0.394 e. The first-order chi connectivity index (χ1) is 60.0. The number of imidazole rings is 1. The minimum atomic E-state index is -1.81. The van der Waals surface area contributed by atoms with Crippen molar-refractivity contribution in [1.29, 1.82) is 0 Å². The van der Waals surface area contributed by atoms with Gasteiger partial charge in [-0.25, -0.2) is 4.98 Å². The lowest BCUT2D eigenvalue weighted by molar-refractivity contribution is -0.149. The highest BCUT2D eigenvalue weighted by molar-refractivity contribution is 8.00. The van der Waals surface area contributed by atoms with Crippen LogP contribution in [-0.4, -0.2) is 275 Å². The van der Waals surface area contributed by atoms with E-state index in [-0.39, 0.29) is 76.0 Å². The van der Waals surface area contributed by atoms with Crippen molar-refractivity contribution in [2.75, 3.05) is 59.4 Å². The molecule has 8 rings (SSSR count). The summed E-state index contributed by atoms with van der Waals surface area (Å²) >= 11 is 0.882. The molecule has 0 bridgehead atoms. The number of nitrogens with two attached hydrogens (primary N) is 2. The highest BCUT2D eigenvalue weighted by Gasteiger charge is 2.44. The molecule has 126 heavy (non-hydrogen) atoms. The number of para-hydroxylation sites is 2. The van der Waals surface area contributed by atoms with Crippen LogP contribution in [0.3, 0.4) is 0 Å². The Labute approximate surface area is 736 Å². The highest BCUT2D eigenvalue weighted by atomic mass is 32.2. The zero-order valence-electron chi connectivity index (χ0n) is 73.3. The second-order valence-corrected chi connectivity index (χ2v) is 34.3. The Balaban J connectivity index is 1.15. The molecular weight excluding hydrogens is 1640 g/mol. The number of fused-ring (bicyclic) bond motifs is 3. The molecule has 2 saturated heterocycles. The first-order valence-corrected chi connectivity index (χ1v) is 44.1. The van der Waals surface area contributed by atoms with E-state index in [1.54, 1.807) is 105 Å². The first kappa shape index (κ1) is 99.3. The third-order valence-electron chi connectivity index (χ3n) is 23.1. The lowest BCUT2D eigenvalue weighted by atomic mass is 9.91. The molecule has 682 valence electrons. The van der Waals surface area contributed by atoms with Gasteiger partial charge in [0.25, 0.3) is 0 Å². The number of nitrogens with zero attached hydrogens (tertiary/aromatic N) is 6. The molecular formula is C89H122N18O18S. The highest BCUT2D eigenvalue weighted by Crippen LogP contribution is 2.28. The molecule has 6 aromatic rings. The smallest absolute Gasteiger partial charge is 0.246 e. The van der Waals surface area contributed by atoms with Crippen molar-refractivity contribution < 1.29 is 86.6 Å². The van der Waals surface area contributed by atoms with E-state index in [1.165, 1.54) is 69.3 Å². The van der Waals surface area contributed by atoms with Gasteiger partial charge in [0.2, 0.25) is 82.7 Å². The predicted molar refractivity (Wildman–Crippen MR) is 470 cm³/mol. The standard InChI is InChI=1S/C89H122N18O18S/c1-11-13-29-70-74(110)36-52(5)80(116)102-69(73(109)32-33-76(90)112)48-126-49-79(115)97-65(37-54-23-16-15-17-24-54)86(122)104(8)53(6)81(117)98-67(42-77(91)113)88(124)107-34-22-31-71(107)75(111)41-55(38-58-45-92-50-95-58)82(118)99-64(35-51(3)4)85(121)103(7)46-78(114)96-63(39-56-43-93-61-27-20-18-25-59(56)61)83(119)101-68(47-108)84(120)100-66(40-57-44-94-62-28-21-19-26-60(57)62)87(123)106(10)72(30-14-12-2)89(125)105(70)9/h15-21,23-28,43-45,50-53,55,63-72,93-94,108H,11-14,22,29-42,46-49H2,1-10H3,(H2,90,112)(H2,91,113)(H,92,95)(H,96,114)(H,97,115)(H,98,117)(H,99,118)(H,100,120)(H,101,119)(H,102,116)/t52-,53+,55-,63+,64+,65+,66+,67+,68+,69+,70+,71?,72+/m1/s1. The van der Waals surface area contributed by atoms with E-state index >= 15 is 14.4 Å². The van der Waals surface area contributed by atoms with E-state index in [1.807, 2.05) is 13.8 Å². The number of Topliss-reactive ketones (excluding diaryl/α,β-unsaturated/α-hetero) is 3. The Bertz CT molecular complexity index is 4840. The normalized spacial score (nSPS) is 24.3. The van der Waals surface area contributed by atoms with Crippen LogP contribution < -0.4 is 48.7 Å². The van der Waals surface area contributed by atoms with Gasteiger partial charge in [-0.1, -0.05) is 127 Å². The van der Waals surface area contributed by atoms with Gasteiger partial charge in [0.1, 0.15) is 48.3 Å². The number of aliphatic hydroxyl groups is 1. The van der Waals surface area contributed by atoms with Crippen LogP contribution in [0.4, 0.5) is 0 Å². The van der Waals surface area contributed by atoms with E-state index in [9.17, 15) is 72.2 Å². The molecule has 2 fully saturated rings. The summed E-state index contributed by atoms with van der Waals surface area (Å²) in [4.78, 5) is 266. The van der Waals surface area contributed by atoms with E-state index in [0.717, 1.165) is 21.6 Å². The molecule has 0 aliphatic carbocycles. The summed E-state index contributed by atoms with van der Waals surface area (Å²) in [5, 5.41) is 31.3.